The molecule has 0 aliphatic carbocycles. The molecule has 1 aromatic heterocycles. The number of aryl methyl sites for hydroxylation is 1. The summed E-state index contributed by atoms with van der Waals surface area (Å²) in [5, 5.41) is 2.12. The monoisotopic (exact) mass is 234 g/mol. The van der Waals surface area contributed by atoms with Crippen LogP contribution in [0, 0.1) is 6.92 Å². The number of nitrogens with zero attached hydrogens (tertiary/aromatic N) is 1. The van der Waals surface area contributed by atoms with E-state index in [0.29, 0.717) is 0 Å². The Labute approximate surface area is 100 Å². The number of rotatable bonds is 4. The van der Waals surface area contributed by atoms with E-state index < -0.39 is 0 Å². The summed E-state index contributed by atoms with van der Waals surface area (Å²) in [5.74, 6) is 0. The minimum Gasteiger partial charge on any atom is -0.197 e. The first-order chi connectivity index (χ1) is 7.77. The molecule has 2 heteroatoms. The summed E-state index contributed by atoms with van der Waals surface area (Å²) >= 11 is 0. The fourth-order valence-corrected chi connectivity index (χ4v) is 5.07. The molecule has 2 unspecified atom stereocenters. The molecule has 86 valence electrons. The van der Waals surface area contributed by atoms with Crippen LogP contribution in [0.3, 0.4) is 0 Å². The second kappa shape index (κ2) is 4.96. The summed E-state index contributed by atoms with van der Waals surface area (Å²) in [7, 11) is 0.265. The quantitative estimate of drug-likeness (QED) is 0.675. The Morgan fingerprint density at radius 1 is 1.25 bits per heavy atom. The first-order valence-electron chi connectivity index (χ1n) is 6.15. The van der Waals surface area contributed by atoms with Crippen LogP contribution < -0.4 is 0 Å². The van der Waals surface area contributed by atoms with Crippen molar-refractivity contribution < 1.29 is 0 Å². The van der Waals surface area contributed by atoms with Gasteiger partial charge in [0.05, 0.1) is 0 Å². The molecule has 1 aromatic carbocycles. The third-order valence-electron chi connectivity index (χ3n) is 3.10. The van der Waals surface area contributed by atoms with E-state index in [4.69, 9.17) is 4.98 Å². The lowest BCUT2D eigenvalue weighted by Gasteiger charge is -2.05. The van der Waals surface area contributed by atoms with Gasteiger partial charge in [0.2, 0.25) is 9.71 Å². The zero-order chi connectivity index (χ0) is 11.5. The lowest BCUT2D eigenvalue weighted by molar-refractivity contribution is 0.673. The molecular weight excluding hydrogens is 214 g/mol. The topological polar surface area (TPSA) is 12.9 Å². The molecule has 0 bridgehead atoms. The molecule has 1 heterocycles. The largest absolute Gasteiger partial charge is 0.240 e. The maximum Gasteiger partial charge on any atom is 0.240 e. The summed E-state index contributed by atoms with van der Waals surface area (Å²) in [6, 6.07) is 8.64. The van der Waals surface area contributed by atoms with E-state index >= 15 is 0 Å². The van der Waals surface area contributed by atoms with E-state index in [9.17, 15) is 0 Å². The van der Waals surface area contributed by atoms with Gasteiger partial charge < -0.3 is 0 Å². The van der Waals surface area contributed by atoms with Gasteiger partial charge in [0.25, 0.3) is 0 Å². The van der Waals surface area contributed by atoms with E-state index in [0.717, 1.165) is 5.25 Å². The lowest BCUT2D eigenvalue weighted by atomic mass is 10.2. The molecule has 2 aromatic rings. The SMILES string of the molecule is CCCC(CC)[s+]1c(C)nc2ccccc21. The molecule has 0 fully saturated rings. The maximum absolute atomic E-state index is 4.71. The molecule has 0 radical (unpaired) electrons. The predicted molar refractivity (Wildman–Crippen MR) is 73.2 cm³/mol. The molecule has 0 aliphatic heterocycles. The number of hydrogen-bond acceptors (Lipinski definition) is 1. The van der Waals surface area contributed by atoms with Gasteiger partial charge in [0, 0.05) is 23.5 Å². The highest BCUT2D eigenvalue weighted by Crippen LogP contribution is 2.45. The fourth-order valence-electron chi connectivity index (χ4n) is 2.34. The Morgan fingerprint density at radius 2 is 2.00 bits per heavy atom. The lowest BCUT2D eigenvalue weighted by Crippen LogP contribution is -1.89. The van der Waals surface area contributed by atoms with Crippen molar-refractivity contribution in [1.82, 2.24) is 4.98 Å². The average molecular weight is 234 g/mol. The van der Waals surface area contributed by atoms with Crippen LogP contribution in [0.25, 0.3) is 10.2 Å². The Hall–Kier alpha value is -0.890. The molecule has 0 saturated carbocycles. The second-order valence-electron chi connectivity index (χ2n) is 4.26. The minimum absolute atomic E-state index is 0.265. The number of para-hydroxylation sites is 1. The molecule has 0 saturated heterocycles. The third kappa shape index (κ3) is 1.99. The fraction of sp³-hybridized carbons (Fsp3) is 0.500. The van der Waals surface area contributed by atoms with Gasteiger partial charge in [-0.25, -0.2) is 0 Å². The summed E-state index contributed by atoms with van der Waals surface area (Å²) < 4.78 is 1.47. The molecule has 0 N–H and O–H groups in total. The van der Waals surface area contributed by atoms with E-state index in [-0.39, 0.29) is 10.5 Å². The molecule has 2 atom stereocenters. The van der Waals surface area contributed by atoms with Crippen LogP contribution in [0.15, 0.2) is 24.3 Å². The van der Waals surface area contributed by atoms with E-state index in [2.05, 4.69) is 45.0 Å². The van der Waals surface area contributed by atoms with Crippen molar-refractivity contribution in [3.8, 4) is 0 Å². The van der Waals surface area contributed by atoms with Crippen molar-refractivity contribution in [2.24, 2.45) is 0 Å². The average Bonchev–Trinajstić information content (AvgIpc) is 2.62. The van der Waals surface area contributed by atoms with Gasteiger partial charge in [0.15, 0.2) is 0 Å². The Morgan fingerprint density at radius 3 is 2.69 bits per heavy atom. The van der Waals surface area contributed by atoms with Crippen LogP contribution in [0.4, 0.5) is 0 Å². The van der Waals surface area contributed by atoms with Crippen molar-refractivity contribution in [2.45, 2.75) is 45.3 Å². The number of aromatic nitrogens is 1. The zero-order valence-electron chi connectivity index (χ0n) is 10.4. The van der Waals surface area contributed by atoms with Crippen molar-refractivity contribution in [2.75, 3.05) is 0 Å². The van der Waals surface area contributed by atoms with Crippen molar-refractivity contribution in [3.63, 3.8) is 0 Å². The number of fused-ring (bicyclic) bond motifs is 1. The van der Waals surface area contributed by atoms with E-state index in [1.165, 1.54) is 34.5 Å². The molecular formula is C14H20NS+. The zero-order valence-corrected chi connectivity index (χ0v) is 11.2. The molecule has 0 aliphatic rings. The molecule has 0 amide bonds. The minimum atomic E-state index is 0.265. The Balaban J connectivity index is 2.53. The van der Waals surface area contributed by atoms with Crippen LogP contribution >= 0.6 is 10.5 Å². The maximum atomic E-state index is 4.71. The van der Waals surface area contributed by atoms with Gasteiger partial charge in [-0.05, 0) is 18.9 Å². The molecule has 1 nitrogen and oxygen atoms in total. The molecule has 2 rings (SSSR count). The summed E-state index contributed by atoms with van der Waals surface area (Å²) in [6.45, 7) is 6.78. The summed E-state index contributed by atoms with van der Waals surface area (Å²) in [5.41, 5.74) is 1.21. The van der Waals surface area contributed by atoms with Crippen molar-refractivity contribution in [3.05, 3.63) is 29.3 Å². The Kier molecular flexibility index (Phi) is 3.59. The van der Waals surface area contributed by atoms with Crippen LogP contribution in [0.5, 0.6) is 0 Å². The van der Waals surface area contributed by atoms with Gasteiger partial charge in [-0.3, -0.25) is 0 Å². The van der Waals surface area contributed by atoms with Gasteiger partial charge in [-0.15, -0.1) is 0 Å². The van der Waals surface area contributed by atoms with Gasteiger partial charge in [-0.2, -0.15) is 4.98 Å². The summed E-state index contributed by atoms with van der Waals surface area (Å²) in [4.78, 5) is 4.71. The predicted octanol–water partition coefficient (Wildman–Crippen LogP) is 5.04. The Bertz CT molecular complexity index is 473. The number of thiazole rings is 1. The van der Waals surface area contributed by atoms with Gasteiger partial charge >= 0.3 is 0 Å². The van der Waals surface area contributed by atoms with Crippen LogP contribution in [0.1, 0.15) is 43.4 Å². The number of hydrogen-bond donors (Lipinski definition) is 0. The van der Waals surface area contributed by atoms with E-state index in [1.54, 1.807) is 0 Å². The number of benzene rings is 1. The van der Waals surface area contributed by atoms with Crippen LogP contribution in [0.2, 0.25) is 0 Å². The van der Waals surface area contributed by atoms with Gasteiger partial charge in [-0.1, -0.05) is 32.4 Å². The van der Waals surface area contributed by atoms with Crippen molar-refractivity contribution >= 4 is 20.7 Å². The standard InChI is InChI=1S/C14H20NS/c1-4-8-12(5-2)16-11(3)15-13-9-6-7-10-14(13)16/h6-7,9-10,12H,4-5,8H2,1-3H3/q+1. The van der Waals surface area contributed by atoms with Crippen molar-refractivity contribution in [1.29, 1.82) is 0 Å². The highest BCUT2D eigenvalue weighted by atomic mass is 32.2. The van der Waals surface area contributed by atoms with Crippen LogP contribution in [-0.4, -0.2) is 4.98 Å². The second-order valence-corrected chi connectivity index (χ2v) is 6.63. The molecule has 0 spiro atoms. The smallest absolute Gasteiger partial charge is 0.197 e. The van der Waals surface area contributed by atoms with Gasteiger partial charge in [0.1, 0.15) is 10.8 Å². The first kappa shape index (κ1) is 11.6. The third-order valence-corrected chi connectivity index (χ3v) is 5.88. The molecule has 16 heavy (non-hydrogen) atoms. The normalized spacial score (nSPS) is 14.3. The van der Waals surface area contributed by atoms with Crippen LogP contribution in [-0.2, 0) is 0 Å². The van der Waals surface area contributed by atoms with E-state index in [1.807, 2.05) is 0 Å². The summed E-state index contributed by atoms with van der Waals surface area (Å²) in [6.07, 6.45) is 3.86. The highest BCUT2D eigenvalue weighted by molar-refractivity contribution is 7.37. The highest BCUT2D eigenvalue weighted by Gasteiger charge is 2.26. The first-order valence-corrected chi connectivity index (χ1v) is 7.44.